The molecule has 0 amide bonds. The molecule has 0 aliphatic rings. The van der Waals surface area contributed by atoms with E-state index in [1.165, 1.54) is 11.1 Å². The van der Waals surface area contributed by atoms with E-state index in [0.29, 0.717) is 5.88 Å². The van der Waals surface area contributed by atoms with Gasteiger partial charge in [0.15, 0.2) is 5.82 Å². The number of rotatable bonds is 4. The number of nitrogens with zero attached hydrogens (tertiary/aromatic N) is 3. The Morgan fingerprint density at radius 2 is 2.00 bits per heavy atom. The number of aryl methyl sites for hydroxylation is 1. The zero-order valence-corrected chi connectivity index (χ0v) is 11.8. The lowest BCUT2D eigenvalue weighted by molar-refractivity contribution is 0.659. The van der Waals surface area contributed by atoms with E-state index in [2.05, 4.69) is 53.7 Å². The third kappa shape index (κ3) is 2.27. The highest BCUT2D eigenvalue weighted by atomic mass is 35.5. The summed E-state index contributed by atoms with van der Waals surface area (Å²) in [6, 6.07) is 6.27. The van der Waals surface area contributed by atoms with Gasteiger partial charge in [-0.25, -0.2) is 0 Å². The Hall–Kier alpha value is -1.35. The zero-order chi connectivity index (χ0) is 13.1. The van der Waals surface area contributed by atoms with Gasteiger partial charge < -0.3 is 4.57 Å². The van der Waals surface area contributed by atoms with E-state index in [-0.39, 0.29) is 0 Å². The van der Waals surface area contributed by atoms with Gasteiger partial charge >= 0.3 is 0 Å². The monoisotopic (exact) mass is 263 g/mol. The highest BCUT2D eigenvalue weighted by molar-refractivity contribution is 6.16. The Morgan fingerprint density at radius 1 is 1.22 bits per heavy atom. The Balaban J connectivity index is 2.56. The quantitative estimate of drug-likeness (QED) is 0.788. The average molecular weight is 264 g/mol. The zero-order valence-electron chi connectivity index (χ0n) is 11.1. The van der Waals surface area contributed by atoms with Gasteiger partial charge in [-0.2, -0.15) is 0 Å². The second kappa shape index (κ2) is 5.53. The van der Waals surface area contributed by atoms with E-state index in [4.69, 9.17) is 11.6 Å². The molecule has 96 valence electrons. The van der Waals surface area contributed by atoms with Gasteiger partial charge in [0, 0.05) is 12.1 Å². The second-order valence-electron chi connectivity index (χ2n) is 4.47. The predicted molar refractivity (Wildman–Crippen MR) is 74.8 cm³/mol. The lowest BCUT2D eigenvalue weighted by Gasteiger charge is -2.11. The van der Waals surface area contributed by atoms with Crippen molar-refractivity contribution in [3.05, 3.63) is 35.2 Å². The number of halogens is 1. The van der Waals surface area contributed by atoms with Gasteiger partial charge in [0.1, 0.15) is 5.82 Å². The van der Waals surface area contributed by atoms with Crippen molar-refractivity contribution in [2.24, 2.45) is 0 Å². The largest absolute Gasteiger partial charge is 0.310 e. The van der Waals surface area contributed by atoms with Crippen molar-refractivity contribution in [2.75, 3.05) is 0 Å². The first kappa shape index (κ1) is 13.1. The summed E-state index contributed by atoms with van der Waals surface area (Å²) in [5.41, 5.74) is 3.67. The Kier molecular flexibility index (Phi) is 4.02. The summed E-state index contributed by atoms with van der Waals surface area (Å²) in [7, 11) is 0. The van der Waals surface area contributed by atoms with Crippen molar-refractivity contribution in [3.63, 3.8) is 0 Å². The topological polar surface area (TPSA) is 30.7 Å². The first-order valence-corrected chi connectivity index (χ1v) is 6.77. The minimum Gasteiger partial charge on any atom is -0.310 e. The summed E-state index contributed by atoms with van der Waals surface area (Å²) in [5.74, 6) is 2.17. The Morgan fingerprint density at radius 3 is 2.67 bits per heavy atom. The number of hydrogen-bond acceptors (Lipinski definition) is 2. The molecule has 0 saturated heterocycles. The summed E-state index contributed by atoms with van der Waals surface area (Å²) in [6.45, 7) is 7.28. The molecular weight excluding hydrogens is 246 g/mol. The Labute approximate surface area is 113 Å². The minimum absolute atomic E-state index is 0.401. The molecule has 0 bridgehead atoms. The third-order valence-corrected chi connectivity index (χ3v) is 3.48. The van der Waals surface area contributed by atoms with Crippen LogP contribution < -0.4 is 0 Å². The van der Waals surface area contributed by atoms with Gasteiger partial charge in [-0.05, 0) is 31.4 Å². The van der Waals surface area contributed by atoms with Crippen LogP contribution in [0.3, 0.4) is 0 Å². The summed E-state index contributed by atoms with van der Waals surface area (Å²) >= 11 is 5.92. The van der Waals surface area contributed by atoms with Crippen LogP contribution in [0.25, 0.3) is 11.4 Å². The standard InChI is InChI=1S/C14H18ClN3/c1-4-8-18-13(9-15)16-17-14(18)12-7-5-6-10(2)11(12)3/h5-7H,4,8-9H2,1-3H3. The van der Waals surface area contributed by atoms with E-state index < -0.39 is 0 Å². The predicted octanol–water partition coefficient (Wildman–Crippen LogP) is 3.71. The van der Waals surface area contributed by atoms with Crippen molar-refractivity contribution in [1.82, 2.24) is 14.8 Å². The highest BCUT2D eigenvalue weighted by Gasteiger charge is 2.14. The Bertz CT molecular complexity index is 546. The number of aromatic nitrogens is 3. The van der Waals surface area contributed by atoms with Gasteiger partial charge in [0.05, 0.1) is 5.88 Å². The van der Waals surface area contributed by atoms with Crippen LogP contribution in [0.1, 0.15) is 30.3 Å². The molecule has 0 saturated carbocycles. The molecule has 3 nitrogen and oxygen atoms in total. The van der Waals surface area contributed by atoms with Gasteiger partial charge in [-0.1, -0.05) is 25.1 Å². The summed E-state index contributed by atoms with van der Waals surface area (Å²) in [6.07, 6.45) is 1.04. The van der Waals surface area contributed by atoms with Crippen molar-refractivity contribution in [3.8, 4) is 11.4 Å². The van der Waals surface area contributed by atoms with Crippen LogP contribution in [-0.2, 0) is 12.4 Å². The lowest BCUT2D eigenvalue weighted by Crippen LogP contribution is -2.04. The summed E-state index contributed by atoms with van der Waals surface area (Å²) in [4.78, 5) is 0. The second-order valence-corrected chi connectivity index (χ2v) is 4.74. The number of alkyl halides is 1. The molecule has 0 atom stereocenters. The number of hydrogen-bond donors (Lipinski definition) is 0. The molecule has 0 aliphatic heterocycles. The molecule has 0 unspecified atom stereocenters. The van der Waals surface area contributed by atoms with E-state index in [1.807, 2.05) is 0 Å². The molecule has 0 N–H and O–H groups in total. The van der Waals surface area contributed by atoms with Gasteiger partial charge in [0.2, 0.25) is 0 Å². The number of benzene rings is 1. The van der Waals surface area contributed by atoms with Crippen molar-refractivity contribution in [2.45, 2.75) is 39.6 Å². The van der Waals surface area contributed by atoms with E-state index in [9.17, 15) is 0 Å². The highest BCUT2D eigenvalue weighted by Crippen LogP contribution is 2.25. The molecule has 0 spiro atoms. The van der Waals surface area contributed by atoms with E-state index in [0.717, 1.165) is 30.2 Å². The molecule has 4 heteroatoms. The molecule has 2 rings (SSSR count). The van der Waals surface area contributed by atoms with Crippen LogP contribution in [-0.4, -0.2) is 14.8 Å². The molecule has 2 aromatic rings. The molecule has 0 radical (unpaired) electrons. The van der Waals surface area contributed by atoms with E-state index >= 15 is 0 Å². The van der Waals surface area contributed by atoms with Crippen molar-refractivity contribution in [1.29, 1.82) is 0 Å². The van der Waals surface area contributed by atoms with Gasteiger partial charge in [0.25, 0.3) is 0 Å². The van der Waals surface area contributed by atoms with Crippen LogP contribution >= 0.6 is 11.6 Å². The van der Waals surface area contributed by atoms with Crippen molar-refractivity contribution < 1.29 is 0 Å². The van der Waals surface area contributed by atoms with Crippen LogP contribution in [0.15, 0.2) is 18.2 Å². The van der Waals surface area contributed by atoms with Crippen LogP contribution in [0, 0.1) is 13.8 Å². The fourth-order valence-corrected chi connectivity index (χ4v) is 2.28. The van der Waals surface area contributed by atoms with Crippen LogP contribution in [0.2, 0.25) is 0 Å². The molecule has 1 aromatic carbocycles. The van der Waals surface area contributed by atoms with E-state index in [1.54, 1.807) is 0 Å². The van der Waals surface area contributed by atoms with Crippen LogP contribution in [0.4, 0.5) is 0 Å². The summed E-state index contributed by atoms with van der Waals surface area (Å²) in [5, 5.41) is 8.49. The maximum Gasteiger partial charge on any atom is 0.164 e. The maximum absolute atomic E-state index is 5.92. The van der Waals surface area contributed by atoms with Crippen molar-refractivity contribution >= 4 is 11.6 Å². The molecule has 18 heavy (non-hydrogen) atoms. The molecule has 0 aliphatic carbocycles. The van der Waals surface area contributed by atoms with Crippen LogP contribution in [0.5, 0.6) is 0 Å². The normalized spacial score (nSPS) is 10.9. The fourth-order valence-electron chi connectivity index (χ4n) is 2.09. The van der Waals surface area contributed by atoms with Gasteiger partial charge in [-0.3, -0.25) is 0 Å². The summed E-state index contributed by atoms with van der Waals surface area (Å²) < 4.78 is 2.12. The average Bonchev–Trinajstić information content (AvgIpc) is 2.76. The lowest BCUT2D eigenvalue weighted by atomic mass is 10.0. The first-order chi connectivity index (χ1) is 8.69. The maximum atomic E-state index is 5.92. The molecule has 1 aromatic heterocycles. The molecule has 1 heterocycles. The molecular formula is C14H18ClN3. The molecule has 0 fully saturated rings. The fraction of sp³-hybridized carbons (Fsp3) is 0.429. The van der Waals surface area contributed by atoms with Gasteiger partial charge in [-0.15, -0.1) is 21.8 Å². The SMILES string of the molecule is CCCn1c(CCl)nnc1-c1cccc(C)c1C. The third-order valence-electron chi connectivity index (χ3n) is 3.24. The first-order valence-electron chi connectivity index (χ1n) is 6.23. The minimum atomic E-state index is 0.401. The smallest absolute Gasteiger partial charge is 0.164 e.